The number of ether oxygens (including phenoxy) is 1. The summed E-state index contributed by atoms with van der Waals surface area (Å²) in [5, 5.41) is 0. The maximum absolute atomic E-state index is 13.2. The van der Waals surface area contributed by atoms with Gasteiger partial charge in [0.1, 0.15) is 12.4 Å². The minimum Gasteiger partial charge on any atom is -0.488 e. The van der Waals surface area contributed by atoms with Crippen molar-refractivity contribution in [3.8, 4) is 5.75 Å². The lowest BCUT2D eigenvalue weighted by Crippen LogP contribution is -2.50. The average molecular weight is 472 g/mol. The summed E-state index contributed by atoms with van der Waals surface area (Å²) in [6.07, 6.45) is 2.68. The molecular formula is C24H30BrN3O2. The molecule has 0 unspecified atom stereocenters. The highest BCUT2D eigenvalue weighted by molar-refractivity contribution is 9.10. The number of para-hydroxylation sites is 1. The van der Waals surface area contributed by atoms with Crippen molar-refractivity contribution in [1.82, 2.24) is 14.7 Å². The molecule has 0 radical (unpaired) electrons. The molecule has 0 N–H and O–H groups in total. The number of amides is 1. The molecule has 2 saturated heterocycles. The van der Waals surface area contributed by atoms with E-state index in [0.29, 0.717) is 17.9 Å². The van der Waals surface area contributed by atoms with Crippen molar-refractivity contribution in [2.75, 3.05) is 52.4 Å². The van der Waals surface area contributed by atoms with Crippen molar-refractivity contribution in [2.24, 2.45) is 0 Å². The van der Waals surface area contributed by atoms with Gasteiger partial charge in [-0.3, -0.25) is 9.69 Å². The fraction of sp³-hybridized carbons (Fsp3) is 0.458. The van der Waals surface area contributed by atoms with Crippen LogP contribution in [0.3, 0.4) is 0 Å². The number of hydrogen-bond acceptors (Lipinski definition) is 4. The van der Waals surface area contributed by atoms with Gasteiger partial charge in [-0.15, -0.1) is 0 Å². The summed E-state index contributed by atoms with van der Waals surface area (Å²) in [5.41, 5.74) is 1.71. The molecule has 2 heterocycles. The van der Waals surface area contributed by atoms with Crippen molar-refractivity contribution in [1.29, 1.82) is 0 Å². The van der Waals surface area contributed by atoms with Crippen LogP contribution in [-0.4, -0.2) is 73.0 Å². The summed E-state index contributed by atoms with van der Waals surface area (Å²) in [6, 6.07) is 15.6. The zero-order valence-corrected chi connectivity index (χ0v) is 19.0. The van der Waals surface area contributed by atoms with Gasteiger partial charge in [0.25, 0.3) is 5.91 Å². The molecule has 2 aliphatic heterocycles. The van der Waals surface area contributed by atoms with E-state index in [1.165, 1.54) is 25.9 Å². The lowest BCUT2D eigenvalue weighted by molar-refractivity contribution is 0.0622. The third-order valence-electron chi connectivity index (χ3n) is 6.05. The number of carbonyl (C=O) groups excluding carboxylic acids is 1. The summed E-state index contributed by atoms with van der Waals surface area (Å²) < 4.78 is 7.05. The molecule has 0 bridgehead atoms. The highest BCUT2D eigenvalue weighted by atomic mass is 79.9. The summed E-state index contributed by atoms with van der Waals surface area (Å²) in [6.45, 7) is 8.61. The normalized spacial score (nSPS) is 18.0. The van der Waals surface area contributed by atoms with Crippen molar-refractivity contribution in [2.45, 2.75) is 19.4 Å². The van der Waals surface area contributed by atoms with E-state index in [4.69, 9.17) is 4.74 Å². The second-order valence-corrected chi connectivity index (χ2v) is 8.91. The van der Waals surface area contributed by atoms with Crippen LogP contribution in [0, 0.1) is 0 Å². The molecule has 6 heteroatoms. The maximum atomic E-state index is 13.2. The number of benzene rings is 2. The Morgan fingerprint density at radius 1 is 0.833 bits per heavy atom. The Morgan fingerprint density at radius 3 is 2.20 bits per heavy atom. The zero-order valence-electron chi connectivity index (χ0n) is 17.4. The smallest absolute Gasteiger partial charge is 0.257 e. The molecule has 0 aliphatic carbocycles. The monoisotopic (exact) mass is 471 g/mol. The van der Waals surface area contributed by atoms with Gasteiger partial charge in [0.05, 0.1) is 5.56 Å². The molecule has 0 aromatic heterocycles. The van der Waals surface area contributed by atoms with Crippen LogP contribution in [0.5, 0.6) is 5.75 Å². The summed E-state index contributed by atoms with van der Waals surface area (Å²) in [5.74, 6) is 0.714. The van der Waals surface area contributed by atoms with Gasteiger partial charge in [-0.25, -0.2) is 0 Å². The quantitative estimate of drug-likeness (QED) is 0.613. The molecule has 5 nitrogen and oxygen atoms in total. The van der Waals surface area contributed by atoms with Crippen LogP contribution < -0.4 is 4.74 Å². The summed E-state index contributed by atoms with van der Waals surface area (Å²) >= 11 is 3.56. The minimum atomic E-state index is 0.0666. The lowest BCUT2D eigenvalue weighted by Gasteiger charge is -2.35. The first kappa shape index (κ1) is 21.3. The van der Waals surface area contributed by atoms with Crippen LogP contribution in [0.15, 0.2) is 53.0 Å². The molecule has 30 heavy (non-hydrogen) atoms. The Morgan fingerprint density at radius 2 is 1.47 bits per heavy atom. The Hall–Kier alpha value is -1.89. The van der Waals surface area contributed by atoms with Gasteiger partial charge in [-0.05, 0) is 44.1 Å². The standard InChI is InChI=1S/C24H30BrN3O2/c25-22-9-3-1-7-20(22)19-30-23-10-4-2-8-21(23)24(29)28-17-15-27(16-18-28)14-13-26-11-5-6-12-26/h1-4,7-10H,5-6,11-19H2. The van der Waals surface area contributed by atoms with E-state index in [1.54, 1.807) is 0 Å². The van der Waals surface area contributed by atoms with Crippen molar-refractivity contribution in [3.05, 3.63) is 64.1 Å². The van der Waals surface area contributed by atoms with Gasteiger partial charge in [0, 0.05) is 49.3 Å². The van der Waals surface area contributed by atoms with Crippen LogP contribution in [0.2, 0.25) is 0 Å². The van der Waals surface area contributed by atoms with Gasteiger partial charge in [0.2, 0.25) is 0 Å². The van der Waals surface area contributed by atoms with Gasteiger partial charge in [-0.1, -0.05) is 46.3 Å². The molecule has 0 saturated carbocycles. The van der Waals surface area contributed by atoms with Crippen molar-refractivity contribution < 1.29 is 9.53 Å². The third kappa shape index (κ3) is 5.42. The van der Waals surface area contributed by atoms with Crippen molar-refractivity contribution >= 4 is 21.8 Å². The van der Waals surface area contributed by atoms with Crippen molar-refractivity contribution in [3.63, 3.8) is 0 Å². The van der Waals surface area contributed by atoms with E-state index in [2.05, 4.69) is 25.7 Å². The van der Waals surface area contributed by atoms with Gasteiger partial charge >= 0.3 is 0 Å². The third-order valence-corrected chi connectivity index (χ3v) is 6.82. The number of rotatable bonds is 7. The molecule has 2 aromatic rings. The number of piperazine rings is 1. The molecular weight excluding hydrogens is 442 g/mol. The SMILES string of the molecule is O=C(c1ccccc1OCc1ccccc1Br)N1CCN(CCN2CCCC2)CC1. The Bertz CT molecular complexity index is 846. The maximum Gasteiger partial charge on any atom is 0.257 e. The molecule has 160 valence electrons. The molecule has 1 amide bonds. The Kier molecular flexibility index (Phi) is 7.42. The predicted molar refractivity (Wildman–Crippen MR) is 123 cm³/mol. The molecule has 2 aliphatic rings. The highest BCUT2D eigenvalue weighted by Crippen LogP contribution is 2.24. The Balaban J connectivity index is 1.32. The summed E-state index contributed by atoms with van der Waals surface area (Å²) in [4.78, 5) is 20.2. The lowest BCUT2D eigenvalue weighted by atomic mass is 10.1. The molecule has 2 aromatic carbocycles. The molecule has 0 atom stereocenters. The fourth-order valence-electron chi connectivity index (χ4n) is 4.17. The van der Waals surface area contributed by atoms with E-state index in [-0.39, 0.29) is 5.91 Å². The minimum absolute atomic E-state index is 0.0666. The van der Waals surface area contributed by atoms with Gasteiger partial charge < -0.3 is 14.5 Å². The van der Waals surface area contributed by atoms with Crippen LogP contribution in [-0.2, 0) is 6.61 Å². The van der Waals surface area contributed by atoms with Crippen LogP contribution in [0.1, 0.15) is 28.8 Å². The topological polar surface area (TPSA) is 36.0 Å². The van der Waals surface area contributed by atoms with Crippen LogP contribution in [0.4, 0.5) is 0 Å². The largest absolute Gasteiger partial charge is 0.488 e. The highest BCUT2D eigenvalue weighted by Gasteiger charge is 2.24. The molecule has 4 rings (SSSR count). The van der Waals surface area contributed by atoms with E-state index in [0.717, 1.165) is 49.3 Å². The van der Waals surface area contributed by atoms with E-state index in [9.17, 15) is 4.79 Å². The first-order valence-electron chi connectivity index (χ1n) is 10.9. The molecule has 2 fully saturated rings. The number of hydrogen-bond donors (Lipinski definition) is 0. The number of halogens is 1. The van der Waals surface area contributed by atoms with Crippen LogP contribution in [0.25, 0.3) is 0 Å². The van der Waals surface area contributed by atoms with E-state index >= 15 is 0 Å². The van der Waals surface area contributed by atoms with E-state index in [1.807, 2.05) is 53.4 Å². The molecule has 0 spiro atoms. The predicted octanol–water partition coefficient (Wildman–Crippen LogP) is 3.88. The zero-order chi connectivity index (χ0) is 20.8. The van der Waals surface area contributed by atoms with E-state index < -0.39 is 0 Å². The number of nitrogens with zero attached hydrogens (tertiary/aromatic N) is 3. The summed E-state index contributed by atoms with van der Waals surface area (Å²) in [7, 11) is 0. The average Bonchev–Trinajstić information content (AvgIpc) is 3.31. The fourth-order valence-corrected chi connectivity index (χ4v) is 4.57. The number of likely N-dealkylation sites (tertiary alicyclic amines) is 1. The first-order valence-corrected chi connectivity index (χ1v) is 11.7. The number of carbonyl (C=O) groups is 1. The first-order chi connectivity index (χ1) is 14.7. The second-order valence-electron chi connectivity index (χ2n) is 8.06. The van der Waals surface area contributed by atoms with Gasteiger partial charge in [0.15, 0.2) is 0 Å². The second kappa shape index (κ2) is 10.4. The Labute approximate surface area is 187 Å². The van der Waals surface area contributed by atoms with Gasteiger partial charge in [-0.2, -0.15) is 0 Å². The van der Waals surface area contributed by atoms with Crippen LogP contribution >= 0.6 is 15.9 Å².